The van der Waals surface area contributed by atoms with Crippen LogP contribution in [-0.4, -0.2) is 58.2 Å². The highest BCUT2D eigenvalue weighted by molar-refractivity contribution is 7.92. The van der Waals surface area contributed by atoms with Gasteiger partial charge in [-0.3, -0.25) is 9.10 Å². The zero-order valence-corrected chi connectivity index (χ0v) is 17.2. The predicted octanol–water partition coefficient (Wildman–Crippen LogP) is 2.75. The van der Waals surface area contributed by atoms with Crippen molar-refractivity contribution in [3.63, 3.8) is 0 Å². The average molecular weight is 422 g/mol. The molecular weight excluding hydrogens is 397 g/mol. The average Bonchev–Trinajstić information content (AvgIpc) is 2.55. The first-order chi connectivity index (χ1) is 12.3. The molecule has 9 heteroatoms. The molecule has 0 saturated carbocycles. The van der Waals surface area contributed by atoms with E-state index in [0.717, 1.165) is 36.6 Å². The van der Waals surface area contributed by atoms with Crippen LogP contribution in [0.1, 0.15) is 25.7 Å². The normalized spacial score (nSPS) is 15.7. The number of hydrogen-bond acceptors (Lipinski definition) is 4. The van der Waals surface area contributed by atoms with E-state index in [2.05, 4.69) is 10.2 Å². The number of nitrogens with zero attached hydrogens (tertiary/aromatic N) is 2. The molecule has 0 unspecified atom stereocenters. The van der Waals surface area contributed by atoms with Gasteiger partial charge in [0.2, 0.25) is 15.9 Å². The number of anilines is 1. The molecule has 0 bridgehead atoms. The number of halogens is 2. The lowest BCUT2D eigenvalue weighted by Crippen LogP contribution is -2.41. The van der Waals surface area contributed by atoms with E-state index in [-0.39, 0.29) is 18.1 Å². The van der Waals surface area contributed by atoms with Crippen molar-refractivity contribution in [1.29, 1.82) is 0 Å². The minimum atomic E-state index is -3.65. The molecule has 0 aliphatic carbocycles. The number of benzene rings is 1. The first-order valence-corrected chi connectivity index (χ1v) is 11.3. The largest absolute Gasteiger partial charge is 0.354 e. The number of carbonyl (C=O) groups excluding carboxylic acids is 1. The van der Waals surface area contributed by atoms with Gasteiger partial charge in [-0.1, -0.05) is 29.6 Å². The van der Waals surface area contributed by atoms with Crippen molar-refractivity contribution in [2.24, 2.45) is 0 Å². The summed E-state index contributed by atoms with van der Waals surface area (Å²) in [4.78, 5) is 14.6. The van der Waals surface area contributed by atoms with Gasteiger partial charge in [-0.25, -0.2) is 8.42 Å². The van der Waals surface area contributed by atoms with Gasteiger partial charge in [0.05, 0.1) is 11.9 Å². The minimum absolute atomic E-state index is 0.272. The Morgan fingerprint density at radius 2 is 1.77 bits per heavy atom. The third-order valence-corrected chi connectivity index (χ3v) is 5.82. The standard InChI is InChI=1S/C17H25Cl2N3O3S/c1-26(24,25)22(16-11-14(18)10-15(19)12-16)13-17(23)20-6-5-9-21-7-3-2-4-8-21/h10-12H,2-9,13H2,1H3,(H,20,23). The third-order valence-electron chi connectivity index (χ3n) is 4.24. The molecule has 1 aromatic rings. The van der Waals surface area contributed by atoms with Gasteiger partial charge in [0.25, 0.3) is 0 Å². The summed E-state index contributed by atoms with van der Waals surface area (Å²) in [7, 11) is -3.65. The molecule has 1 N–H and O–H groups in total. The van der Waals surface area contributed by atoms with Crippen LogP contribution >= 0.6 is 23.2 Å². The second kappa shape index (κ2) is 9.78. The van der Waals surface area contributed by atoms with Crippen LogP contribution in [-0.2, 0) is 14.8 Å². The van der Waals surface area contributed by atoms with Crippen molar-refractivity contribution >= 4 is 44.8 Å². The fourth-order valence-electron chi connectivity index (χ4n) is 2.98. The molecule has 1 aliphatic heterocycles. The Bertz CT molecular complexity index is 702. The van der Waals surface area contributed by atoms with E-state index in [1.54, 1.807) is 0 Å². The molecule has 1 amide bonds. The van der Waals surface area contributed by atoms with Crippen molar-refractivity contribution in [1.82, 2.24) is 10.2 Å². The van der Waals surface area contributed by atoms with E-state index in [4.69, 9.17) is 23.2 Å². The van der Waals surface area contributed by atoms with Crippen molar-refractivity contribution in [2.75, 3.05) is 43.3 Å². The molecule has 2 rings (SSSR count). The number of hydrogen-bond donors (Lipinski definition) is 1. The van der Waals surface area contributed by atoms with Crippen LogP contribution in [0.2, 0.25) is 10.0 Å². The maximum absolute atomic E-state index is 12.2. The molecule has 1 aliphatic rings. The van der Waals surface area contributed by atoms with Crippen LogP contribution < -0.4 is 9.62 Å². The van der Waals surface area contributed by atoms with Gasteiger partial charge < -0.3 is 10.2 Å². The van der Waals surface area contributed by atoms with Crippen LogP contribution in [0.25, 0.3) is 0 Å². The van der Waals surface area contributed by atoms with Crippen molar-refractivity contribution < 1.29 is 13.2 Å². The van der Waals surface area contributed by atoms with E-state index in [1.807, 2.05) is 0 Å². The van der Waals surface area contributed by atoms with E-state index >= 15 is 0 Å². The number of nitrogens with one attached hydrogen (secondary N) is 1. The highest BCUT2D eigenvalue weighted by Crippen LogP contribution is 2.26. The summed E-state index contributed by atoms with van der Waals surface area (Å²) in [6, 6.07) is 4.45. The summed E-state index contributed by atoms with van der Waals surface area (Å²) < 4.78 is 25.2. The fourth-order valence-corrected chi connectivity index (χ4v) is 4.34. The van der Waals surface area contributed by atoms with Crippen molar-refractivity contribution in [3.05, 3.63) is 28.2 Å². The van der Waals surface area contributed by atoms with Crippen LogP contribution in [0.15, 0.2) is 18.2 Å². The maximum Gasteiger partial charge on any atom is 0.240 e. The summed E-state index contributed by atoms with van der Waals surface area (Å²) in [5.74, 6) is -0.356. The summed E-state index contributed by atoms with van der Waals surface area (Å²) in [6.07, 6.45) is 5.65. The zero-order chi connectivity index (χ0) is 19.2. The third kappa shape index (κ3) is 6.95. The lowest BCUT2D eigenvalue weighted by atomic mass is 10.1. The van der Waals surface area contributed by atoms with E-state index in [9.17, 15) is 13.2 Å². The molecule has 1 saturated heterocycles. The number of piperidine rings is 1. The summed E-state index contributed by atoms with van der Waals surface area (Å²) in [5, 5.41) is 3.40. The smallest absolute Gasteiger partial charge is 0.240 e. The number of rotatable bonds is 8. The van der Waals surface area contributed by atoms with Gasteiger partial charge >= 0.3 is 0 Å². The van der Waals surface area contributed by atoms with E-state index < -0.39 is 10.0 Å². The number of likely N-dealkylation sites (tertiary alicyclic amines) is 1. The predicted molar refractivity (Wildman–Crippen MR) is 107 cm³/mol. The van der Waals surface area contributed by atoms with Crippen molar-refractivity contribution in [2.45, 2.75) is 25.7 Å². The van der Waals surface area contributed by atoms with Crippen LogP contribution in [0.4, 0.5) is 5.69 Å². The molecule has 0 atom stereocenters. The topological polar surface area (TPSA) is 69.7 Å². The highest BCUT2D eigenvalue weighted by Gasteiger charge is 2.21. The Morgan fingerprint density at radius 1 is 1.15 bits per heavy atom. The molecule has 1 aromatic carbocycles. The molecule has 26 heavy (non-hydrogen) atoms. The zero-order valence-electron chi connectivity index (χ0n) is 14.9. The SMILES string of the molecule is CS(=O)(=O)N(CC(=O)NCCCN1CCCCC1)c1cc(Cl)cc(Cl)c1. The Hall–Kier alpha value is -1.02. The van der Waals surface area contributed by atoms with Gasteiger partial charge in [-0.15, -0.1) is 0 Å². The number of sulfonamides is 1. The molecular formula is C17H25Cl2N3O3S. The summed E-state index contributed by atoms with van der Waals surface area (Å²) in [6.45, 7) is 3.39. The monoisotopic (exact) mass is 421 g/mol. The van der Waals surface area contributed by atoms with E-state index in [0.29, 0.717) is 16.6 Å². The number of amides is 1. The number of carbonyl (C=O) groups is 1. The molecule has 6 nitrogen and oxygen atoms in total. The fraction of sp³-hybridized carbons (Fsp3) is 0.588. The second-order valence-corrected chi connectivity index (χ2v) is 9.28. The first kappa shape index (κ1) is 21.3. The Morgan fingerprint density at radius 3 is 2.35 bits per heavy atom. The first-order valence-electron chi connectivity index (χ1n) is 8.68. The van der Waals surface area contributed by atoms with Gasteiger partial charge in [-0.2, -0.15) is 0 Å². The molecule has 0 radical (unpaired) electrons. The Balaban J connectivity index is 1.88. The Labute approximate surface area is 165 Å². The minimum Gasteiger partial charge on any atom is -0.354 e. The molecule has 146 valence electrons. The van der Waals surface area contributed by atoms with Gasteiger partial charge in [0.15, 0.2) is 0 Å². The lowest BCUT2D eigenvalue weighted by Gasteiger charge is -2.26. The van der Waals surface area contributed by atoms with Crippen LogP contribution in [0.3, 0.4) is 0 Å². The van der Waals surface area contributed by atoms with Gasteiger partial charge in [-0.05, 0) is 57.1 Å². The molecule has 0 aromatic heterocycles. The Kier molecular flexibility index (Phi) is 8.01. The lowest BCUT2D eigenvalue weighted by molar-refractivity contribution is -0.119. The summed E-state index contributed by atoms with van der Waals surface area (Å²) in [5.41, 5.74) is 0.272. The van der Waals surface area contributed by atoms with Crippen LogP contribution in [0, 0.1) is 0 Å². The van der Waals surface area contributed by atoms with Crippen molar-refractivity contribution in [3.8, 4) is 0 Å². The quantitative estimate of drug-likeness (QED) is 0.655. The molecule has 0 spiro atoms. The summed E-state index contributed by atoms with van der Waals surface area (Å²) >= 11 is 11.9. The maximum atomic E-state index is 12.2. The molecule has 1 heterocycles. The highest BCUT2D eigenvalue weighted by atomic mass is 35.5. The van der Waals surface area contributed by atoms with E-state index in [1.165, 1.54) is 37.5 Å². The van der Waals surface area contributed by atoms with Gasteiger partial charge in [0, 0.05) is 16.6 Å². The second-order valence-electron chi connectivity index (χ2n) is 6.50. The molecule has 1 fully saturated rings. The van der Waals surface area contributed by atoms with Gasteiger partial charge in [0.1, 0.15) is 6.54 Å². The van der Waals surface area contributed by atoms with Crippen LogP contribution in [0.5, 0.6) is 0 Å².